The summed E-state index contributed by atoms with van der Waals surface area (Å²) in [6.45, 7) is 2.18. The number of para-hydroxylation sites is 1. The molecule has 1 heterocycles. The van der Waals surface area contributed by atoms with E-state index < -0.39 is 0 Å². The predicted octanol–water partition coefficient (Wildman–Crippen LogP) is 3.95. The Morgan fingerprint density at radius 3 is 2.60 bits per heavy atom. The van der Waals surface area contributed by atoms with E-state index in [9.17, 15) is 4.79 Å². The number of methoxy groups -OCH3 is 1. The fraction of sp³-hybridized carbons (Fsp3) is 0.240. The Balaban J connectivity index is 1.32. The van der Waals surface area contributed by atoms with Crippen LogP contribution in [0.1, 0.15) is 16.7 Å². The number of nitrogens with zero attached hydrogens (tertiary/aromatic N) is 1. The van der Waals surface area contributed by atoms with Crippen molar-refractivity contribution < 1.29 is 14.3 Å². The van der Waals surface area contributed by atoms with Crippen LogP contribution in [0.5, 0.6) is 11.5 Å². The van der Waals surface area contributed by atoms with Gasteiger partial charge in [0.1, 0.15) is 6.61 Å². The summed E-state index contributed by atoms with van der Waals surface area (Å²) in [5.74, 6) is 1.35. The molecule has 0 atom stereocenters. The van der Waals surface area contributed by atoms with Crippen molar-refractivity contribution in [2.24, 2.45) is 0 Å². The van der Waals surface area contributed by atoms with Gasteiger partial charge in [-0.3, -0.25) is 4.79 Å². The van der Waals surface area contributed by atoms with Crippen LogP contribution in [0.15, 0.2) is 72.8 Å². The molecule has 4 rings (SSSR count). The molecule has 1 aliphatic rings. The minimum absolute atomic E-state index is 0.00933. The number of ether oxygens (including phenoxy) is 2. The molecule has 0 bridgehead atoms. The molecule has 1 amide bonds. The van der Waals surface area contributed by atoms with Gasteiger partial charge in [0.15, 0.2) is 11.5 Å². The average molecular weight is 402 g/mol. The number of benzene rings is 3. The monoisotopic (exact) mass is 402 g/mol. The first-order valence-electron chi connectivity index (χ1n) is 10.2. The van der Waals surface area contributed by atoms with E-state index in [2.05, 4.69) is 22.3 Å². The minimum atomic E-state index is 0.00933. The van der Waals surface area contributed by atoms with Crippen molar-refractivity contribution in [3.05, 3.63) is 89.5 Å². The van der Waals surface area contributed by atoms with Crippen LogP contribution in [-0.2, 0) is 24.4 Å². The number of carbonyl (C=O) groups excluding carboxylic acids is 1. The number of fused-ring (bicyclic) bond motifs is 1. The largest absolute Gasteiger partial charge is 0.493 e. The SMILES string of the molecule is COc1cc(CNC(=O)CN2CCc3ccccc32)ccc1OCc1ccccc1. The van der Waals surface area contributed by atoms with Crippen molar-refractivity contribution in [1.82, 2.24) is 5.32 Å². The van der Waals surface area contributed by atoms with E-state index in [0.29, 0.717) is 31.2 Å². The van der Waals surface area contributed by atoms with Gasteiger partial charge in [0.25, 0.3) is 0 Å². The van der Waals surface area contributed by atoms with Crippen LogP contribution < -0.4 is 19.7 Å². The Bertz CT molecular complexity index is 1000. The molecular formula is C25H26N2O3. The summed E-state index contributed by atoms with van der Waals surface area (Å²) in [5, 5.41) is 3.01. The lowest BCUT2D eigenvalue weighted by molar-refractivity contribution is -0.119. The van der Waals surface area contributed by atoms with Crippen LogP contribution in [0.3, 0.4) is 0 Å². The molecule has 0 saturated heterocycles. The number of anilines is 1. The second-order valence-corrected chi connectivity index (χ2v) is 7.34. The standard InChI is InChI=1S/C25H26N2O3/c1-29-24-15-20(11-12-23(24)30-18-19-7-3-2-4-8-19)16-26-25(28)17-27-14-13-21-9-5-6-10-22(21)27/h2-12,15H,13-14,16-18H2,1H3,(H,26,28). The third-order valence-corrected chi connectivity index (χ3v) is 5.27. The first-order chi connectivity index (χ1) is 14.7. The van der Waals surface area contributed by atoms with Gasteiger partial charge in [-0.2, -0.15) is 0 Å². The minimum Gasteiger partial charge on any atom is -0.493 e. The fourth-order valence-electron chi connectivity index (χ4n) is 3.68. The zero-order valence-electron chi connectivity index (χ0n) is 17.1. The van der Waals surface area contributed by atoms with Gasteiger partial charge in [-0.25, -0.2) is 0 Å². The molecule has 0 radical (unpaired) electrons. The number of hydrogen-bond acceptors (Lipinski definition) is 4. The summed E-state index contributed by atoms with van der Waals surface area (Å²) in [4.78, 5) is 14.6. The molecule has 0 aliphatic carbocycles. The number of nitrogens with one attached hydrogen (secondary N) is 1. The molecule has 1 aliphatic heterocycles. The second kappa shape index (κ2) is 9.35. The van der Waals surface area contributed by atoms with Crippen LogP contribution in [0, 0.1) is 0 Å². The number of hydrogen-bond donors (Lipinski definition) is 1. The zero-order valence-corrected chi connectivity index (χ0v) is 17.1. The third-order valence-electron chi connectivity index (χ3n) is 5.27. The Hall–Kier alpha value is -3.47. The lowest BCUT2D eigenvalue weighted by atomic mass is 10.2. The fourth-order valence-corrected chi connectivity index (χ4v) is 3.68. The number of carbonyl (C=O) groups is 1. The van der Waals surface area contributed by atoms with E-state index in [0.717, 1.165) is 29.8 Å². The molecule has 0 aromatic heterocycles. The molecule has 30 heavy (non-hydrogen) atoms. The molecule has 5 nitrogen and oxygen atoms in total. The van der Waals surface area contributed by atoms with Crippen molar-refractivity contribution in [2.45, 2.75) is 19.6 Å². The summed E-state index contributed by atoms with van der Waals surface area (Å²) in [7, 11) is 1.62. The molecule has 3 aromatic carbocycles. The van der Waals surface area contributed by atoms with Crippen LogP contribution in [0.2, 0.25) is 0 Å². The van der Waals surface area contributed by atoms with E-state index >= 15 is 0 Å². The van der Waals surface area contributed by atoms with E-state index in [1.807, 2.05) is 60.7 Å². The summed E-state index contributed by atoms with van der Waals surface area (Å²) in [6, 6.07) is 24.0. The normalized spacial score (nSPS) is 12.4. The Labute approximate surface area is 177 Å². The van der Waals surface area contributed by atoms with Gasteiger partial charge in [-0.1, -0.05) is 54.6 Å². The number of rotatable bonds is 8. The van der Waals surface area contributed by atoms with Gasteiger partial charge in [0.05, 0.1) is 13.7 Å². The highest BCUT2D eigenvalue weighted by Gasteiger charge is 2.20. The van der Waals surface area contributed by atoms with Crippen LogP contribution in [0.4, 0.5) is 5.69 Å². The van der Waals surface area contributed by atoms with Gasteiger partial charge in [-0.05, 0) is 41.3 Å². The van der Waals surface area contributed by atoms with Gasteiger partial charge in [0, 0.05) is 18.8 Å². The first kappa shape index (κ1) is 19.8. The highest BCUT2D eigenvalue weighted by molar-refractivity contribution is 5.82. The molecule has 0 spiro atoms. The van der Waals surface area contributed by atoms with Crippen molar-refractivity contribution >= 4 is 11.6 Å². The van der Waals surface area contributed by atoms with Crippen molar-refractivity contribution in [2.75, 3.05) is 25.1 Å². The molecule has 0 fully saturated rings. The summed E-state index contributed by atoms with van der Waals surface area (Å²) in [6.07, 6.45) is 0.991. The summed E-state index contributed by atoms with van der Waals surface area (Å²) in [5.41, 5.74) is 4.53. The van der Waals surface area contributed by atoms with Gasteiger partial charge < -0.3 is 19.7 Å². The lowest BCUT2D eigenvalue weighted by Crippen LogP contribution is -2.36. The smallest absolute Gasteiger partial charge is 0.239 e. The van der Waals surface area contributed by atoms with E-state index in [1.165, 1.54) is 5.56 Å². The van der Waals surface area contributed by atoms with Gasteiger partial charge in [-0.15, -0.1) is 0 Å². The van der Waals surface area contributed by atoms with Crippen molar-refractivity contribution in [3.8, 4) is 11.5 Å². The Morgan fingerprint density at radius 1 is 0.967 bits per heavy atom. The van der Waals surface area contributed by atoms with Gasteiger partial charge >= 0.3 is 0 Å². The Kier molecular flexibility index (Phi) is 6.18. The average Bonchev–Trinajstić information content (AvgIpc) is 3.20. The summed E-state index contributed by atoms with van der Waals surface area (Å²) < 4.78 is 11.4. The maximum absolute atomic E-state index is 12.5. The second-order valence-electron chi connectivity index (χ2n) is 7.34. The molecule has 5 heteroatoms. The molecule has 1 N–H and O–H groups in total. The Morgan fingerprint density at radius 2 is 1.77 bits per heavy atom. The third kappa shape index (κ3) is 4.74. The van der Waals surface area contributed by atoms with Gasteiger partial charge in [0.2, 0.25) is 5.91 Å². The zero-order chi connectivity index (χ0) is 20.8. The molecule has 0 saturated carbocycles. The maximum atomic E-state index is 12.5. The van der Waals surface area contributed by atoms with Crippen molar-refractivity contribution in [1.29, 1.82) is 0 Å². The number of amides is 1. The van der Waals surface area contributed by atoms with E-state index in [1.54, 1.807) is 7.11 Å². The summed E-state index contributed by atoms with van der Waals surface area (Å²) >= 11 is 0. The van der Waals surface area contributed by atoms with Crippen LogP contribution in [0.25, 0.3) is 0 Å². The quantitative estimate of drug-likeness (QED) is 0.620. The molecular weight excluding hydrogens is 376 g/mol. The van der Waals surface area contributed by atoms with Crippen LogP contribution >= 0.6 is 0 Å². The maximum Gasteiger partial charge on any atom is 0.239 e. The highest BCUT2D eigenvalue weighted by atomic mass is 16.5. The molecule has 3 aromatic rings. The van der Waals surface area contributed by atoms with Crippen molar-refractivity contribution in [3.63, 3.8) is 0 Å². The molecule has 0 unspecified atom stereocenters. The molecule has 154 valence electrons. The van der Waals surface area contributed by atoms with E-state index in [4.69, 9.17) is 9.47 Å². The lowest BCUT2D eigenvalue weighted by Gasteiger charge is -2.19. The predicted molar refractivity (Wildman–Crippen MR) is 118 cm³/mol. The topological polar surface area (TPSA) is 50.8 Å². The van der Waals surface area contributed by atoms with E-state index in [-0.39, 0.29) is 5.91 Å². The van der Waals surface area contributed by atoms with Crippen LogP contribution in [-0.4, -0.2) is 26.1 Å². The first-order valence-corrected chi connectivity index (χ1v) is 10.2. The highest BCUT2D eigenvalue weighted by Crippen LogP contribution is 2.29.